The molecule has 15 heavy (non-hydrogen) atoms. The van der Waals surface area contributed by atoms with Crippen molar-refractivity contribution in [1.82, 2.24) is 9.36 Å². The number of aromatic nitrogens is 2. The van der Waals surface area contributed by atoms with E-state index in [4.69, 9.17) is 5.11 Å². The van der Waals surface area contributed by atoms with Crippen LogP contribution in [0, 0.1) is 6.92 Å². The van der Waals surface area contributed by atoms with Gasteiger partial charge in [-0.05, 0) is 31.2 Å². The van der Waals surface area contributed by atoms with Crippen LogP contribution in [0.15, 0.2) is 35.1 Å². The Morgan fingerprint density at radius 3 is 2.27 bits per heavy atom. The van der Waals surface area contributed by atoms with E-state index in [-0.39, 0.29) is 11.3 Å². The molecular formula is C11H12N2O2. The fourth-order valence-corrected chi connectivity index (χ4v) is 1.53. The van der Waals surface area contributed by atoms with Gasteiger partial charge in [-0.25, -0.2) is 4.68 Å². The summed E-state index contributed by atoms with van der Waals surface area (Å²) in [5.41, 5.74) is 1.57. The quantitative estimate of drug-likeness (QED) is 0.758. The maximum Gasteiger partial charge on any atom is 0.271 e. The number of phenolic OH excluding ortho intramolecular Hbond substituents is 1. The molecule has 1 N–H and O–H groups in total. The summed E-state index contributed by atoms with van der Waals surface area (Å²) in [6.07, 6.45) is 0. The molecule has 1 aromatic carbocycles. The molecule has 2 aromatic rings. The van der Waals surface area contributed by atoms with Gasteiger partial charge in [-0.3, -0.25) is 9.48 Å². The standard InChI is InChI=1S/C11H12N2O2/c1-8-7-11(15)13(12(8)2)9-3-5-10(14)6-4-9/h3-7,14H,1-2H3. The van der Waals surface area contributed by atoms with E-state index >= 15 is 0 Å². The highest BCUT2D eigenvalue weighted by Crippen LogP contribution is 2.12. The van der Waals surface area contributed by atoms with Crippen molar-refractivity contribution in [1.29, 1.82) is 0 Å². The van der Waals surface area contributed by atoms with Crippen LogP contribution >= 0.6 is 0 Å². The van der Waals surface area contributed by atoms with Gasteiger partial charge in [0.25, 0.3) is 5.56 Å². The molecule has 4 nitrogen and oxygen atoms in total. The van der Waals surface area contributed by atoms with E-state index in [0.717, 1.165) is 11.4 Å². The zero-order chi connectivity index (χ0) is 11.0. The SMILES string of the molecule is Cc1cc(=O)n(-c2ccc(O)cc2)n1C. The van der Waals surface area contributed by atoms with Crippen molar-refractivity contribution in [2.75, 3.05) is 0 Å². The number of rotatable bonds is 1. The minimum atomic E-state index is -0.0688. The average molecular weight is 204 g/mol. The number of hydrogen-bond donors (Lipinski definition) is 1. The van der Waals surface area contributed by atoms with Gasteiger partial charge < -0.3 is 5.11 Å². The number of nitrogens with zero attached hydrogens (tertiary/aromatic N) is 2. The number of benzene rings is 1. The molecule has 0 saturated carbocycles. The van der Waals surface area contributed by atoms with Crippen LogP contribution in [-0.4, -0.2) is 14.5 Å². The lowest BCUT2D eigenvalue weighted by Crippen LogP contribution is -2.18. The van der Waals surface area contributed by atoms with Gasteiger partial charge in [0.05, 0.1) is 5.69 Å². The molecule has 0 aliphatic heterocycles. The van der Waals surface area contributed by atoms with E-state index in [9.17, 15) is 4.79 Å². The molecule has 0 radical (unpaired) electrons. The van der Waals surface area contributed by atoms with E-state index in [1.165, 1.54) is 0 Å². The maximum atomic E-state index is 11.6. The first-order valence-corrected chi connectivity index (χ1v) is 4.64. The maximum absolute atomic E-state index is 11.6. The summed E-state index contributed by atoms with van der Waals surface area (Å²) >= 11 is 0. The van der Waals surface area contributed by atoms with E-state index in [1.54, 1.807) is 39.7 Å². The Kier molecular flexibility index (Phi) is 2.11. The van der Waals surface area contributed by atoms with Gasteiger partial charge >= 0.3 is 0 Å². The third kappa shape index (κ3) is 1.54. The second-order valence-electron chi connectivity index (χ2n) is 3.48. The summed E-state index contributed by atoms with van der Waals surface area (Å²) in [7, 11) is 1.82. The molecule has 0 saturated heterocycles. The molecular weight excluding hydrogens is 192 g/mol. The molecule has 78 valence electrons. The Hall–Kier alpha value is -1.97. The molecule has 0 spiro atoms. The van der Waals surface area contributed by atoms with Gasteiger partial charge in [-0.2, -0.15) is 0 Å². The minimum Gasteiger partial charge on any atom is -0.508 e. The van der Waals surface area contributed by atoms with Crippen molar-refractivity contribution in [2.45, 2.75) is 6.92 Å². The Morgan fingerprint density at radius 2 is 1.80 bits per heavy atom. The first-order chi connectivity index (χ1) is 7.09. The van der Waals surface area contributed by atoms with Crippen molar-refractivity contribution >= 4 is 0 Å². The van der Waals surface area contributed by atoms with E-state index in [2.05, 4.69) is 0 Å². The Balaban J connectivity index is 2.64. The van der Waals surface area contributed by atoms with Crippen molar-refractivity contribution in [3.8, 4) is 11.4 Å². The summed E-state index contributed by atoms with van der Waals surface area (Å²) < 4.78 is 3.32. The lowest BCUT2D eigenvalue weighted by Gasteiger charge is -2.08. The Morgan fingerprint density at radius 1 is 1.20 bits per heavy atom. The predicted octanol–water partition coefficient (Wildman–Crippen LogP) is 1.19. The molecule has 0 fully saturated rings. The van der Waals surface area contributed by atoms with Gasteiger partial charge in [0.1, 0.15) is 5.75 Å². The summed E-state index contributed by atoms with van der Waals surface area (Å²) in [6.45, 7) is 1.87. The van der Waals surface area contributed by atoms with Crippen LogP contribution in [0.4, 0.5) is 0 Å². The fourth-order valence-electron chi connectivity index (χ4n) is 1.53. The van der Waals surface area contributed by atoms with Crippen LogP contribution in [0.25, 0.3) is 5.69 Å². The normalized spacial score (nSPS) is 10.5. The van der Waals surface area contributed by atoms with Gasteiger partial charge in [0.2, 0.25) is 0 Å². The average Bonchev–Trinajstić information content (AvgIpc) is 2.44. The van der Waals surface area contributed by atoms with E-state index < -0.39 is 0 Å². The second kappa shape index (κ2) is 3.31. The number of aryl methyl sites for hydroxylation is 1. The predicted molar refractivity (Wildman–Crippen MR) is 57.4 cm³/mol. The van der Waals surface area contributed by atoms with Gasteiger partial charge in [-0.15, -0.1) is 0 Å². The highest BCUT2D eigenvalue weighted by atomic mass is 16.3. The second-order valence-corrected chi connectivity index (χ2v) is 3.48. The first-order valence-electron chi connectivity index (χ1n) is 4.64. The third-order valence-electron chi connectivity index (χ3n) is 2.45. The van der Waals surface area contributed by atoms with E-state index in [1.807, 2.05) is 14.0 Å². The third-order valence-corrected chi connectivity index (χ3v) is 2.45. The van der Waals surface area contributed by atoms with Crippen LogP contribution in [0.1, 0.15) is 5.69 Å². The molecule has 0 amide bonds. The van der Waals surface area contributed by atoms with Gasteiger partial charge in [0.15, 0.2) is 0 Å². The molecule has 0 atom stereocenters. The number of phenols is 1. The van der Waals surface area contributed by atoms with Crippen LogP contribution in [0.3, 0.4) is 0 Å². The molecule has 0 unspecified atom stereocenters. The molecule has 0 bridgehead atoms. The van der Waals surface area contributed by atoms with Crippen LogP contribution in [0.5, 0.6) is 5.75 Å². The molecule has 2 rings (SSSR count). The fraction of sp³-hybridized carbons (Fsp3) is 0.182. The van der Waals surface area contributed by atoms with Gasteiger partial charge in [-0.1, -0.05) is 0 Å². The molecule has 0 aliphatic carbocycles. The molecule has 1 heterocycles. The van der Waals surface area contributed by atoms with Crippen molar-refractivity contribution in [3.63, 3.8) is 0 Å². The zero-order valence-electron chi connectivity index (χ0n) is 8.64. The van der Waals surface area contributed by atoms with Gasteiger partial charge in [0, 0.05) is 18.8 Å². The molecule has 0 aliphatic rings. The summed E-state index contributed by atoms with van der Waals surface area (Å²) in [4.78, 5) is 11.6. The van der Waals surface area contributed by atoms with Crippen molar-refractivity contribution < 1.29 is 5.11 Å². The Bertz CT molecular complexity index is 535. The highest BCUT2D eigenvalue weighted by Gasteiger charge is 2.06. The van der Waals surface area contributed by atoms with E-state index in [0.29, 0.717) is 0 Å². The topological polar surface area (TPSA) is 47.2 Å². The van der Waals surface area contributed by atoms with Crippen molar-refractivity contribution in [3.05, 3.63) is 46.4 Å². The summed E-state index contributed by atoms with van der Waals surface area (Å²) in [5.74, 6) is 0.192. The summed E-state index contributed by atoms with van der Waals surface area (Å²) in [5, 5.41) is 9.15. The largest absolute Gasteiger partial charge is 0.508 e. The summed E-state index contributed by atoms with van der Waals surface area (Å²) in [6, 6.07) is 8.10. The molecule has 1 aromatic heterocycles. The molecule has 4 heteroatoms. The van der Waals surface area contributed by atoms with Crippen molar-refractivity contribution in [2.24, 2.45) is 7.05 Å². The number of hydrogen-bond acceptors (Lipinski definition) is 2. The minimum absolute atomic E-state index is 0.0688. The highest BCUT2D eigenvalue weighted by molar-refractivity contribution is 5.36. The zero-order valence-corrected chi connectivity index (χ0v) is 8.64. The monoisotopic (exact) mass is 204 g/mol. The van der Waals surface area contributed by atoms with Crippen LogP contribution in [0.2, 0.25) is 0 Å². The lowest BCUT2D eigenvalue weighted by atomic mass is 10.3. The van der Waals surface area contributed by atoms with Crippen LogP contribution < -0.4 is 5.56 Å². The van der Waals surface area contributed by atoms with Crippen LogP contribution in [-0.2, 0) is 7.05 Å². The smallest absolute Gasteiger partial charge is 0.271 e. The first kappa shape index (κ1) is 9.58. The Labute approximate surface area is 87.0 Å². The number of aromatic hydroxyl groups is 1. The lowest BCUT2D eigenvalue weighted by molar-refractivity contribution is 0.475.